The first-order valence-electron chi connectivity index (χ1n) is 17.2. The number of ether oxygens (including phenoxy) is 1. The first-order valence-corrected chi connectivity index (χ1v) is 18.0. The number of aryl methyl sites for hydroxylation is 1. The Kier molecular flexibility index (Phi) is 9.34. The molecule has 0 radical (unpaired) electrons. The summed E-state index contributed by atoms with van der Waals surface area (Å²) in [5.41, 5.74) is 7.56. The van der Waals surface area contributed by atoms with Crippen LogP contribution in [0.15, 0.2) is 60.7 Å². The molecule has 4 amide bonds. The summed E-state index contributed by atoms with van der Waals surface area (Å²) in [5, 5.41) is 6.87. The number of nitrogens with one attached hydrogen (secondary N) is 2. The van der Waals surface area contributed by atoms with Gasteiger partial charge < -0.3 is 26.0 Å². The fourth-order valence-corrected chi connectivity index (χ4v) is 8.28. The molecule has 1 aromatic heterocycles. The summed E-state index contributed by atoms with van der Waals surface area (Å²) in [5.74, 6) is -2.08. The van der Waals surface area contributed by atoms with Gasteiger partial charge in [-0.2, -0.15) is 0 Å². The van der Waals surface area contributed by atoms with Crippen molar-refractivity contribution in [2.75, 3.05) is 11.9 Å². The molecule has 2 aromatic carbocycles. The summed E-state index contributed by atoms with van der Waals surface area (Å²) in [6.45, 7) is 2.24. The molecule has 50 heavy (non-hydrogen) atoms. The van der Waals surface area contributed by atoms with Gasteiger partial charge in [0, 0.05) is 34.9 Å². The van der Waals surface area contributed by atoms with Crippen molar-refractivity contribution in [3.05, 3.63) is 82.5 Å². The van der Waals surface area contributed by atoms with Crippen LogP contribution in [-0.4, -0.2) is 68.9 Å². The molecule has 7 rings (SSSR count). The van der Waals surface area contributed by atoms with Crippen LogP contribution < -0.4 is 16.4 Å². The fourth-order valence-electron chi connectivity index (χ4n) is 7.39. The van der Waals surface area contributed by atoms with Crippen molar-refractivity contribution in [2.24, 2.45) is 11.7 Å². The number of carbonyl (C=O) groups is 4. The molecule has 3 aromatic rings. The Labute approximate surface area is 294 Å². The highest BCUT2D eigenvalue weighted by molar-refractivity contribution is 7.16. The maximum absolute atomic E-state index is 14.5. The number of carbonyl (C=O) groups excluding carboxylic acids is 4. The van der Waals surface area contributed by atoms with E-state index >= 15 is 0 Å². The maximum Gasteiger partial charge on any atom is 0.410 e. The van der Waals surface area contributed by atoms with Gasteiger partial charge in [-0.1, -0.05) is 67.5 Å². The van der Waals surface area contributed by atoms with Crippen molar-refractivity contribution >= 4 is 40.3 Å². The predicted octanol–water partition coefficient (Wildman–Crippen LogP) is 5.04. The Morgan fingerprint density at radius 3 is 2.70 bits per heavy atom. The average Bonchev–Trinajstić information content (AvgIpc) is 3.42. The van der Waals surface area contributed by atoms with Crippen LogP contribution >= 0.6 is 11.3 Å². The van der Waals surface area contributed by atoms with E-state index in [0.29, 0.717) is 29.1 Å². The largest absolute Gasteiger partial charge is 0.444 e. The summed E-state index contributed by atoms with van der Waals surface area (Å²) < 4.78 is 20.3. The van der Waals surface area contributed by atoms with Gasteiger partial charge in [-0.25, -0.2) is 14.2 Å². The van der Waals surface area contributed by atoms with Crippen molar-refractivity contribution in [2.45, 2.75) is 88.7 Å². The number of rotatable bonds is 5. The number of nitrogens with two attached hydrogens (primary N) is 1. The normalized spacial score (nSPS) is 27.2. The molecule has 11 nitrogen and oxygen atoms in total. The summed E-state index contributed by atoms with van der Waals surface area (Å²) in [6, 6.07) is 12.9. The minimum atomic E-state index is -1.23. The van der Waals surface area contributed by atoms with E-state index in [0.717, 1.165) is 41.8 Å². The molecule has 1 saturated heterocycles. The molecule has 4 aliphatic rings. The Morgan fingerprint density at radius 1 is 1.10 bits per heavy atom. The van der Waals surface area contributed by atoms with E-state index in [1.54, 1.807) is 12.1 Å². The van der Waals surface area contributed by atoms with Crippen molar-refractivity contribution in [1.82, 2.24) is 20.1 Å². The second kappa shape index (κ2) is 13.9. The maximum atomic E-state index is 14.5. The van der Waals surface area contributed by atoms with E-state index in [-0.39, 0.29) is 43.7 Å². The van der Waals surface area contributed by atoms with Gasteiger partial charge in [-0.3, -0.25) is 19.3 Å². The van der Waals surface area contributed by atoms with Crippen LogP contribution in [-0.2, 0) is 32.2 Å². The molecular formula is C37H41FN6O5S. The van der Waals surface area contributed by atoms with Crippen molar-refractivity contribution < 1.29 is 28.3 Å². The van der Waals surface area contributed by atoms with Crippen LogP contribution in [0.5, 0.6) is 0 Å². The number of fused-ring (bicyclic) bond motifs is 3. The van der Waals surface area contributed by atoms with E-state index in [4.69, 9.17) is 15.5 Å². The van der Waals surface area contributed by atoms with Crippen LogP contribution in [0.25, 0.3) is 11.3 Å². The zero-order chi connectivity index (χ0) is 35.0. The molecule has 4 N–H and O–H groups in total. The first kappa shape index (κ1) is 33.7. The summed E-state index contributed by atoms with van der Waals surface area (Å²) in [6.07, 6.45) is 6.81. The predicted molar refractivity (Wildman–Crippen MR) is 186 cm³/mol. The van der Waals surface area contributed by atoms with E-state index in [2.05, 4.69) is 10.6 Å². The lowest BCUT2D eigenvalue weighted by Crippen LogP contribution is -2.56. The van der Waals surface area contributed by atoms with E-state index in [9.17, 15) is 23.6 Å². The SMILES string of the molecule is Cc1sc(N[C@H]2CCCCC/C=C\[C@@H]3C[C@@]3(C(N)=O)NC(=O)[C@@H]3C[C@@H](OC(=O)N4Cc5cccc(F)c5C4)CN3C2=O)nc1-c1ccccc1. The van der Waals surface area contributed by atoms with Crippen molar-refractivity contribution in [3.8, 4) is 11.3 Å². The minimum absolute atomic E-state index is 0.0188. The third kappa shape index (κ3) is 6.70. The molecule has 1 aliphatic carbocycles. The standard InChI is InChI=1S/C37H41FN6O5S/c1-22-31(23-11-6-5-7-12-23)41-35(50-22)40-29-16-9-4-2-3-8-14-25-18-37(25,34(39)47)42-32(45)30-17-26(20-44(30)33(29)46)49-36(48)43-19-24-13-10-15-28(38)27(24)21-43/h5-8,10-15,25-26,29-30H,2-4,9,16-21H2,1H3,(H2,39,47)(H,40,41)(H,42,45)/b14-8-/t25-,26-,29+,30+,37-/m1/s1. The molecule has 13 heteroatoms. The second-order valence-corrected chi connectivity index (χ2v) is 14.9. The lowest BCUT2D eigenvalue weighted by Gasteiger charge is -2.29. The van der Waals surface area contributed by atoms with Gasteiger partial charge in [-0.15, -0.1) is 11.3 Å². The molecule has 0 spiro atoms. The zero-order valence-electron chi connectivity index (χ0n) is 27.9. The molecule has 0 bridgehead atoms. The molecule has 1 saturated carbocycles. The molecule has 2 fully saturated rings. The molecule has 3 aliphatic heterocycles. The van der Waals surface area contributed by atoms with Gasteiger partial charge in [0.25, 0.3) is 0 Å². The number of halogens is 1. The van der Waals surface area contributed by atoms with Gasteiger partial charge in [0.2, 0.25) is 17.7 Å². The minimum Gasteiger partial charge on any atom is -0.444 e. The lowest BCUT2D eigenvalue weighted by molar-refractivity contribution is -0.140. The lowest BCUT2D eigenvalue weighted by atomic mass is 10.1. The van der Waals surface area contributed by atoms with Crippen molar-refractivity contribution in [3.63, 3.8) is 0 Å². The number of primary amides is 1. The van der Waals surface area contributed by atoms with Gasteiger partial charge >= 0.3 is 6.09 Å². The molecule has 0 unspecified atom stereocenters. The third-order valence-electron chi connectivity index (χ3n) is 10.3. The number of aromatic nitrogens is 1. The quantitative estimate of drug-likeness (QED) is 0.316. The van der Waals surface area contributed by atoms with E-state index in [1.807, 2.05) is 49.4 Å². The number of thiazole rings is 1. The summed E-state index contributed by atoms with van der Waals surface area (Å²) >= 11 is 1.46. The Bertz CT molecular complexity index is 1830. The average molecular weight is 701 g/mol. The number of amides is 4. The van der Waals surface area contributed by atoms with Crippen LogP contribution in [0.2, 0.25) is 0 Å². The van der Waals surface area contributed by atoms with Crippen LogP contribution in [0, 0.1) is 18.7 Å². The summed E-state index contributed by atoms with van der Waals surface area (Å²) in [7, 11) is 0. The highest BCUT2D eigenvalue weighted by Crippen LogP contribution is 2.45. The van der Waals surface area contributed by atoms with E-state index < -0.39 is 41.6 Å². The number of hydrogen-bond acceptors (Lipinski definition) is 8. The van der Waals surface area contributed by atoms with Crippen molar-refractivity contribution in [1.29, 1.82) is 0 Å². The Morgan fingerprint density at radius 2 is 1.92 bits per heavy atom. The molecular weight excluding hydrogens is 660 g/mol. The van der Waals surface area contributed by atoms with Crippen LogP contribution in [0.1, 0.15) is 60.9 Å². The Balaban J connectivity index is 1.14. The van der Waals surface area contributed by atoms with Gasteiger partial charge in [-0.05, 0) is 44.2 Å². The van der Waals surface area contributed by atoms with Crippen LogP contribution in [0.4, 0.5) is 14.3 Å². The Hall–Kier alpha value is -4.78. The number of hydrogen-bond donors (Lipinski definition) is 3. The number of anilines is 1. The van der Waals surface area contributed by atoms with Gasteiger partial charge in [0.15, 0.2) is 5.13 Å². The number of nitrogens with zero attached hydrogens (tertiary/aromatic N) is 3. The fraction of sp³-hybridized carbons (Fsp3) is 0.432. The highest BCUT2D eigenvalue weighted by atomic mass is 32.1. The third-order valence-corrected chi connectivity index (χ3v) is 11.2. The van der Waals surface area contributed by atoms with Gasteiger partial charge in [0.1, 0.15) is 29.5 Å². The first-order chi connectivity index (χ1) is 24.1. The zero-order valence-corrected chi connectivity index (χ0v) is 28.7. The number of benzene rings is 2. The summed E-state index contributed by atoms with van der Waals surface area (Å²) in [4.78, 5) is 63.2. The topological polar surface area (TPSA) is 147 Å². The number of allylic oxidation sites excluding steroid dienone is 1. The van der Waals surface area contributed by atoms with Crippen LogP contribution in [0.3, 0.4) is 0 Å². The smallest absolute Gasteiger partial charge is 0.410 e. The van der Waals surface area contributed by atoms with E-state index in [1.165, 1.54) is 27.2 Å². The molecule has 262 valence electrons. The molecule has 5 atom stereocenters. The second-order valence-electron chi connectivity index (χ2n) is 13.7. The molecule has 4 heterocycles. The monoisotopic (exact) mass is 700 g/mol. The highest BCUT2D eigenvalue weighted by Gasteiger charge is 2.60. The van der Waals surface area contributed by atoms with Gasteiger partial charge in [0.05, 0.1) is 18.8 Å².